The molecule has 2 aromatic rings. The van der Waals surface area contributed by atoms with E-state index in [4.69, 9.17) is 5.73 Å². The van der Waals surface area contributed by atoms with Crippen LogP contribution in [0.25, 0.3) is 0 Å². The number of benzene rings is 1. The lowest BCUT2D eigenvalue weighted by atomic mass is 9.87. The van der Waals surface area contributed by atoms with Gasteiger partial charge in [0.2, 0.25) is 5.91 Å². The van der Waals surface area contributed by atoms with Crippen molar-refractivity contribution in [3.8, 4) is 0 Å². The molecule has 0 spiro atoms. The van der Waals surface area contributed by atoms with Crippen LogP contribution in [0, 0.1) is 5.92 Å². The molecule has 1 aliphatic heterocycles. The Morgan fingerprint density at radius 2 is 1.96 bits per heavy atom. The smallest absolute Gasteiger partial charge is 0.264 e. The minimum absolute atomic E-state index is 0.0595. The number of fused-ring (bicyclic) bond motifs is 2. The number of amides is 2. The number of primary amides is 1. The van der Waals surface area contributed by atoms with Crippen LogP contribution in [0.4, 0.5) is 0 Å². The lowest BCUT2D eigenvalue weighted by Gasteiger charge is -2.34. The predicted molar refractivity (Wildman–Crippen MR) is 103 cm³/mol. The maximum Gasteiger partial charge on any atom is 0.264 e. The molecule has 2 N–H and O–H groups in total. The van der Waals surface area contributed by atoms with Gasteiger partial charge in [-0.2, -0.15) is 0 Å². The monoisotopic (exact) mass is 368 g/mol. The zero-order chi connectivity index (χ0) is 18.3. The average molecular weight is 369 g/mol. The largest absolute Gasteiger partial charge is 0.368 e. The summed E-state index contributed by atoms with van der Waals surface area (Å²) in [4.78, 5) is 29.0. The first kappa shape index (κ1) is 17.3. The fourth-order valence-corrected chi connectivity index (χ4v) is 5.35. The number of nitrogens with two attached hydrogens (primary N) is 1. The SMILES string of the molecule is CC[C@H]1CCc2sc(C(=O)N3Cc4ccccc4C[C@@H]3C(N)=O)cc2C1. The van der Waals surface area contributed by atoms with Gasteiger partial charge in [0.1, 0.15) is 6.04 Å². The third kappa shape index (κ3) is 3.05. The molecule has 0 saturated heterocycles. The number of carbonyl (C=O) groups excluding carboxylic acids is 2. The van der Waals surface area contributed by atoms with Crippen LogP contribution in [0.15, 0.2) is 30.3 Å². The van der Waals surface area contributed by atoms with Crippen LogP contribution in [0.2, 0.25) is 0 Å². The van der Waals surface area contributed by atoms with E-state index in [2.05, 4.69) is 13.0 Å². The first-order valence-corrected chi connectivity index (χ1v) is 10.2. The van der Waals surface area contributed by atoms with Gasteiger partial charge in [-0.1, -0.05) is 37.6 Å². The zero-order valence-corrected chi connectivity index (χ0v) is 15.8. The van der Waals surface area contributed by atoms with E-state index in [1.807, 2.05) is 24.3 Å². The van der Waals surface area contributed by atoms with Gasteiger partial charge in [0.15, 0.2) is 0 Å². The predicted octanol–water partition coefficient (Wildman–Crippen LogP) is 3.32. The Hall–Kier alpha value is -2.14. The summed E-state index contributed by atoms with van der Waals surface area (Å²) in [5.41, 5.74) is 9.17. The van der Waals surface area contributed by atoms with Gasteiger partial charge >= 0.3 is 0 Å². The Kier molecular flexibility index (Phi) is 4.57. The second-order valence-corrected chi connectivity index (χ2v) is 8.54. The van der Waals surface area contributed by atoms with Crippen molar-refractivity contribution in [2.24, 2.45) is 11.7 Å². The molecule has 4 rings (SSSR count). The van der Waals surface area contributed by atoms with E-state index in [9.17, 15) is 9.59 Å². The third-order valence-electron chi connectivity index (χ3n) is 5.81. The van der Waals surface area contributed by atoms with Crippen molar-refractivity contribution in [1.82, 2.24) is 4.90 Å². The van der Waals surface area contributed by atoms with Crippen LogP contribution < -0.4 is 5.73 Å². The molecule has 2 heterocycles. The van der Waals surface area contributed by atoms with Crippen molar-refractivity contribution >= 4 is 23.2 Å². The Bertz CT molecular complexity index is 857. The number of nitrogens with zero attached hydrogens (tertiary/aromatic N) is 1. The Morgan fingerprint density at radius 1 is 1.19 bits per heavy atom. The Balaban J connectivity index is 1.63. The van der Waals surface area contributed by atoms with E-state index >= 15 is 0 Å². The van der Waals surface area contributed by atoms with E-state index in [1.54, 1.807) is 16.2 Å². The van der Waals surface area contributed by atoms with Gasteiger partial charge in [0.05, 0.1) is 4.88 Å². The highest BCUT2D eigenvalue weighted by Crippen LogP contribution is 2.35. The van der Waals surface area contributed by atoms with Crippen molar-refractivity contribution in [2.75, 3.05) is 0 Å². The lowest BCUT2D eigenvalue weighted by molar-refractivity contribution is -0.122. The molecule has 1 aromatic carbocycles. The standard InChI is InChI=1S/C21H24N2O2S/c1-2-13-7-8-18-16(9-13)11-19(26-18)21(25)23-12-15-6-4-3-5-14(15)10-17(23)20(22)24/h3-6,11,13,17H,2,7-10,12H2,1H3,(H2,22,24)/t13-,17+/m0/s1. The van der Waals surface area contributed by atoms with E-state index in [-0.39, 0.29) is 5.91 Å². The first-order valence-electron chi connectivity index (χ1n) is 9.35. The molecule has 2 atom stereocenters. The summed E-state index contributed by atoms with van der Waals surface area (Å²) in [7, 11) is 0. The molecule has 4 nitrogen and oxygen atoms in total. The number of carbonyl (C=O) groups is 2. The third-order valence-corrected chi connectivity index (χ3v) is 7.04. The van der Waals surface area contributed by atoms with Gasteiger partial charge in [0, 0.05) is 17.8 Å². The van der Waals surface area contributed by atoms with Crippen LogP contribution in [0.1, 0.15) is 51.0 Å². The van der Waals surface area contributed by atoms with Crippen LogP contribution in [0.3, 0.4) is 0 Å². The van der Waals surface area contributed by atoms with E-state index < -0.39 is 11.9 Å². The molecule has 1 aliphatic carbocycles. The van der Waals surface area contributed by atoms with Gasteiger partial charge in [-0.3, -0.25) is 9.59 Å². The highest BCUT2D eigenvalue weighted by atomic mass is 32.1. The molecule has 0 radical (unpaired) electrons. The summed E-state index contributed by atoms with van der Waals surface area (Å²) in [6, 6.07) is 9.47. The molecular weight excluding hydrogens is 344 g/mol. The average Bonchev–Trinajstić information content (AvgIpc) is 3.09. The number of hydrogen-bond donors (Lipinski definition) is 1. The molecular formula is C21H24N2O2S. The number of rotatable bonds is 3. The van der Waals surface area contributed by atoms with Crippen LogP contribution in [0.5, 0.6) is 0 Å². The highest BCUT2D eigenvalue weighted by Gasteiger charge is 2.35. The van der Waals surface area contributed by atoms with Crippen LogP contribution in [-0.4, -0.2) is 22.8 Å². The molecule has 2 aliphatic rings. The van der Waals surface area contributed by atoms with Crippen molar-refractivity contribution in [3.63, 3.8) is 0 Å². The van der Waals surface area contributed by atoms with Gasteiger partial charge in [-0.05, 0) is 47.9 Å². The molecule has 0 bridgehead atoms. The minimum atomic E-state index is -0.570. The molecule has 0 fully saturated rings. The summed E-state index contributed by atoms with van der Waals surface area (Å²) in [5.74, 6) is 0.233. The summed E-state index contributed by atoms with van der Waals surface area (Å²) in [6.45, 7) is 2.68. The first-order chi connectivity index (χ1) is 12.6. The number of aryl methyl sites for hydroxylation is 1. The molecule has 26 heavy (non-hydrogen) atoms. The minimum Gasteiger partial charge on any atom is -0.368 e. The van der Waals surface area contributed by atoms with Gasteiger partial charge in [-0.15, -0.1) is 11.3 Å². The summed E-state index contributed by atoms with van der Waals surface area (Å²) < 4.78 is 0. The fourth-order valence-electron chi connectivity index (χ4n) is 4.19. The topological polar surface area (TPSA) is 63.4 Å². The second-order valence-electron chi connectivity index (χ2n) is 7.40. The molecule has 2 amide bonds. The second kappa shape index (κ2) is 6.88. The van der Waals surface area contributed by atoms with Crippen molar-refractivity contribution in [2.45, 2.75) is 51.6 Å². The van der Waals surface area contributed by atoms with E-state index in [1.165, 1.54) is 23.3 Å². The van der Waals surface area contributed by atoms with Gasteiger partial charge < -0.3 is 10.6 Å². The number of thiophene rings is 1. The van der Waals surface area contributed by atoms with Crippen LogP contribution in [-0.2, 0) is 30.6 Å². The maximum absolute atomic E-state index is 13.2. The fraction of sp³-hybridized carbons (Fsp3) is 0.429. The summed E-state index contributed by atoms with van der Waals surface area (Å²) in [6.07, 6.45) is 5.02. The van der Waals surface area contributed by atoms with Crippen LogP contribution >= 0.6 is 11.3 Å². The number of hydrogen-bond acceptors (Lipinski definition) is 3. The maximum atomic E-state index is 13.2. The zero-order valence-electron chi connectivity index (χ0n) is 15.0. The molecule has 0 unspecified atom stereocenters. The van der Waals surface area contributed by atoms with E-state index in [0.29, 0.717) is 13.0 Å². The van der Waals surface area contributed by atoms with Crippen molar-refractivity contribution < 1.29 is 9.59 Å². The quantitative estimate of drug-likeness (QED) is 0.903. The molecule has 5 heteroatoms. The molecule has 0 saturated carbocycles. The normalized spacial score (nSPS) is 21.8. The van der Waals surface area contributed by atoms with Gasteiger partial charge in [0.25, 0.3) is 5.91 Å². The Labute approximate surface area is 158 Å². The molecule has 1 aromatic heterocycles. The molecule has 136 valence electrons. The summed E-state index contributed by atoms with van der Waals surface area (Å²) in [5, 5.41) is 0. The lowest BCUT2D eigenvalue weighted by Crippen LogP contribution is -2.51. The Morgan fingerprint density at radius 3 is 2.69 bits per heavy atom. The van der Waals surface area contributed by atoms with Gasteiger partial charge in [-0.25, -0.2) is 0 Å². The van der Waals surface area contributed by atoms with Crippen molar-refractivity contribution in [1.29, 1.82) is 0 Å². The highest BCUT2D eigenvalue weighted by molar-refractivity contribution is 7.14. The van der Waals surface area contributed by atoms with Crippen molar-refractivity contribution in [3.05, 3.63) is 56.8 Å². The summed E-state index contributed by atoms with van der Waals surface area (Å²) >= 11 is 1.60. The van der Waals surface area contributed by atoms with E-state index in [0.717, 1.165) is 34.8 Å².